The van der Waals surface area contributed by atoms with Crippen molar-refractivity contribution in [1.29, 1.82) is 0 Å². The average Bonchev–Trinajstić information content (AvgIpc) is 2.37. The second kappa shape index (κ2) is 7.86. The Kier molecular flexibility index (Phi) is 6.47. The van der Waals surface area contributed by atoms with Gasteiger partial charge in [-0.2, -0.15) is 8.42 Å². The monoisotopic (exact) mass is 301 g/mol. The van der Waals surface area contributed by atoms with E-state index in [-0.39, 0.29) is 11.5 Å². The number of carbonyl (C=O) groups is 1. The first kappa shape index (κ1) is 16.5. The molecule has 0 aliphatic heterocycles. The number of amides is 1. The molecule has 1 amide bonds. The van der Waals surface area contributed by atoms with E-state index in [1.54, 1.807) is 12.1 Å². The molecule has 0 atom stereocenters. The molecule has 0 heterocycles. The minimum atomic E-state index is -3.69. The number of rotatable bonds is 8. The van der Waals surface area contributed by atoms with Crippen LogP contribution in [0.5, 0.6) is 0 Å². The van der Waals surface area contributed by atoms with Crippen molar-refractivity contribution in [1.82, 2.24) is 5.32 Å². The van der Waals surface area contributed by atoms with Gasteiger partial charge in [0.25, 0.3) is 10.1 Å². The smallest absolute Gasteiger partial charge is 0.404 e. The first-order chi connectivity index (χ1) is 9.42. The third-order valence-corrected chi connectivity index (χ3v) is 3.97. The number of benzene rings is 1. The lowest BCUT2D eigenvalue weighted by Gasteiger charge is -2.06. The Balaban J connectivity index is 2.27. The first-order valence-corrected chi connectivity index (χ1v) is 7.75. The molecule has 0 aliphatic carbocycles. The van der Waals surface area contributed by atoms with E-state index in [4.69, 9.17) is 9.29 Å². The van der Waals surface area contributed by atoms with Crippen molar-refractivity contribution >= 4 is 16.2 Å². The lowest BCUT2D eigenvalue weighted by Crippen LogP contribution is -2.21. The normalized spacial score (nSPS) is 11.2. The molecule has 0 unspecified atom stereocenters. The number of nitrogens with one attached hydrogen (secondary N) is 1. The second-order valence-electron chi connectivity index (χ2n) is 4.38. The predicted molar refractivity (Wildman–Crippen MR) is 74.2 cm³/mol. The maximum absolute atomic E-state index is 11.8. The Morgan fingerprint density at radius 1 is 1.20 bits per heavy atom. The minimum Gasteiger partial charge on any atom is -0.465 e. The molecule has 0 bridgehead atoms. The summed E-state index contributed by atoms with van der Waals surface area (Å²) in [4.78, 5) is 10.3. The molecule has 0 aliphatic rings. The van der Waals surface area contributed by atoms with Crippen LogP contribution in [0.15, 0.2) is 29.2 Å². The summed E-state index contributed by atoms with van der Waals surface area (Å²) in [5.41, 5.74) is 0.981. The summed E-state index contributed by atoms with van der Waals surface area (Å²) in [6.07, 6.45) is 0.860. The predicted octanol–water partition coefficient (Wildman–Crippen LogP) is 2.14. The zero-order valence-electron chi connectivity index (χ0n) is 11.3. The highest BCUT2D eigenvalue weighted by Crippen LogP contribution is 2.13. The van der Waals surface area contributed by atoms with Gasteiger partial charge in [0.15, 0.2) is 0 Å². The Morgan fingerprint density at radius 2 is 1.85 bits per heavy atom. The molecule has 0 saturated carbocycles. The molecular formula is C13H19NO5S. The van der Waals surface area contributed by atoms with E-state index in [9.17, 15) is 13.2 Å². The van der Waals surface area contributed by atoms with Crippen LogP contribution in [0.3, 0.4) is 0 Å². The summed E-state index contributed by atoms with van der Waals surface area (Å²) in [6.45, 7) is 2.34. The second-order valence-corrected chi connectivity index (χ2v) is 6.00. The van der Waals surface area contributed by atoms with E-state index in [1.807, 2.05) is 6.92 Å². The minimum absolute atomic E-state index is 0.100. The van der Waals surface area contributed by atoms with Crippen LogP contribution in [0.25, 0.3) is 0 Å². The Labute approximate surface area is 118 Å². The number of hydrogen-bond donors (Lipinski definition) is 2. The zero-order valence-corrected chi connectivity index (χ0v) is 12.1. The summed E-state index contributed by atoms with van der Waals surface area (Å²) in [6, 6.07) is 6.46. The molecule has 1 rings (SSSR count). The van der Waals surface area contributed by atoms with E-state index in [2.05, 4.69) is 5.32 Å². The fourth-order valence-electron chi connectivity index (χ4n) is 1.54. The van der Waals surface area contributed by atoms with Crippen molar-refractivity contribution in [3.63, 3.8) is 0 Å². The van der Waals surface area contributed by atoms with E-state index in [1.165, 1.54) is 12.1 Å². The average molecular weight is 301 g/mol. The zero-order chi connectivity index (χ0) is 15.0. The van der Waals surface area contributed by atoms with Gasteiger partial charge < -0.3 is 10.4 Å². The molecule has 0 fully saturated rings. The molecule has 0 saturated heterocycles. The van der Waals surface area contributed by atoms with Gasteiger partial charge in [0, 0.05) is 6.54 Å². The van der Waals surface area contributed by atoms with E-state index in [0.29, 0.717) is 25.8 Å². The molecule has 1 aromatic rings. The van der Waals surface area contributed by atoms with Gasteiger partial charge in [0.2, 0.25) is 0 Å². The lowest BCUT2D eigenvalue weighted by molar-refractivity contribution is 0.194. The Hall–Kier alpha value is -1.60. The highest BCUT2D eigenvalue weighted by molar-refractivity contribution is 7.86. The van der Waals surface area contributed by atoms with E-state index >= 15 is 0 Å². The molecule has 2 N–H and O–H groups in total. The molecule has 20 heavy (non-hydrogen) atoms. The van der Waals surface area contributed by atoms with Gasteiger partial charge in [-0.15, -0.1) is 0 Å². The van der Waals surface area contributed by atoms with Crippen LogP contribution in [0, 0.1) is 6.92 Å². The van der Waals surface area contributed by atoms with Crippen molar-refractivity contribution in [3.05, 3.63) is 29.8 Å². The molecule has 112 valence electrons. The highest BCUT2D eigenvalue weighted by atomic mass is 32.2. The van der Waals surface area contributed by atoms with Crippen molar-refractivity contribution in [3.8, 4) is 0 Å². The number of hydrogen-bond acceptors (Lipinski definition) is 4. The van der Waals surface area contributed by atoms with Gasteiger partial charge in [0.05, 0.1) is 11.5 Å². The van der Waals surface area contributed by atoms with Gasteiger partial charge in [-0.1, -0.05) is 17.7 Å². The molecule has 1 aromatic carbocycles. The summed E-state index contributed by atoms with van der Waals surface area (Å²) < 4.78 is 28.5. The summed E-state index contributed by atoms with van der Waals surface area (Å²) in [5.74, 6) is 0. The number of aryl methyl sites for hydroxylation is 1. The van der Waals surface area contributed by atoms with Crippen molar-refractivity contribution in [2.75, 3.05) is 13.2 Å². The van der Waals surface area contributed by atoms with Crippen LogP contribution >= 0.6 is 0 Å². The fourth-order valence-corrected chi connectivity index (χ4v) is 2.48. The number of carboxylic acid groups (broad SMARTS) is 1. The van der Waals surface area contributed by atoms with E-state index in [0.717, 1.165) is 5.56 Å². The molecule has 0 spiro atoms. The Morgan fingerprint density at radius 3 is 2.45 bits per heavy atom. The van der Waals surface area contributed by atoms with Gasteiger partial charge >= 0.3 is 6.09 Å². The fraction of sp³-hybridized carbons (Fsp3) is 0.462. The van der Waals surface area contributed by atoms with Crippen LogP contribution in [0.2, 0.25) is 0 Å². The largest absolute Gasteiger partial charge is 0.465 e. The molecule has 0 aromatic heterocycles. The number of unbranched alkanes of at least 4 members (excludes halogenated alkanes) is 2. The van der Waals surface area contributed by atoms with Crippen LogP contribution in [-0.2, 0) is 14.3 Å². The van der Waals surface area contributed by atoms with Crippen LogP contribution < -0.4 is 5.32 Å². The first-order valence-electron chi connectivity index (χ1n) is 6.35. The van der Waals surface area contributed by atoms with Crippen molar-refractivity contribution in [2.45, 2.75) is 31.1 Å². The molecule has 7 heteroatoms. The third kappa shape index (κ3) is 6.03. The highest BCUT2D eigenvalue weighted by Gasteiger charge is 2.14. The maximum atomic E-state index is 11.8. The Bertz CT molecular complexity index is 524. The SMILES string of the molecule is Cc1ccc(S(=O)(=O)OCCCCCNC(=O)O)cc1. The van der Waals surface area contributed by atoms with Gasteiger partial charge in [-0.05, 0) is 38.3 Å². The van der Waals surface area contributed by atoms with Crippen molar-refractivity contribution < 1.29 is 22.5 Å². The van der Waals surface area contributed by atoms with Crippen LogP contribution in [-0.4, -0.2) is 32.8 Å². The van der Waals surface area contributed by atoms with Crippen LogP contribution in [0.4, 0.5) is 4.79 Å². The molecule has 0 radical (unpaired) electrons. The summed E-state index contributed by atoms with van der Waals surface area (Å²) in [7, 11) is -3.69. The maximum Gasteiger partial charge on any atom is 0.404 e. The molecular weight excluding hydrogens is 282 g/mol. The van der Waals surface area contributed by atoms with Gasteiger partial charge in [-0.3, -0.25) is 4.18 Å². The lowest BCUT2D eigenvalue weighted by atomic mass is 10.2. The van der Waals surface area contributed by atoms with Gasteiger partial charge in [0.1, 0.15) is 0 Å². The van der Waals surface area contributed by atoms with Crippen LogP contribution in [0.1, 0.15) is 24.8 Å². The van der Waals surface area contributed by atoms with E-state index < -0.39 is 16.2 Å². The standard InChI is InChI=1S/C13H19NO5S/c1-11-5-7-12(8-6-11)20(17,18)19-10-4-2-3-9-14-13(15)16/h5-8,14H,2-4,9-10H2,1H3,(H,15,16). The summed E-state index contributed by atoms with van der Waals surface area (Å²) in [5, 5.41) is 10.6. The molecule has 6 nitrogen and oxygen atoms in total. The third-order valence-electron chi connectivity index (χ3n) is 2.65. The van der Waals surface area contributed by atoms with Crippen molar-refractivity contribution in [2.24, 2.45) is 0 Å². The topological polar surface area (TPSA) is 92.7 Å². The summed E-state index contributed by atoms with van der Waals surface area (Å²) >= 11 is 0. The quantitative estimate of drug-likeness (QED) is 0.567. The van der Waals surface area contributed by atoms with Gasteiger partial charge in [-0.25, -0.2) is 4.79 Å².